The summed E-state index contributed by atoms with van der Waals surface area (Å²) in [4.78, 5) is 0. The zero-order valence-electron chi connectivity index (χ0n) is 9.25. The molecule has 1 aromatic rings. The Morgan fingerprint density at radius 3 is 2.41 bits per heavy atom. The van der Waals surface area contributed by atoms with E-state index >= 15 is 0 Å². The summed E-state index contributed by atoms with van der Waals surface area (Å²) in [6.07, 6.45) is 2.27. The van der Waals surface area contributed by atoms with Crippen LogP contribution in [0.2, 0.25) is 0 Å². The van der Waals surface area contributed by atoms with E-state index in [1.54, 1.807) is 0 Å². The number of aliphatic hydroxyl groups excluding tert-OH is 1. The van der Waals surface area contributed by atoms with Gasteiger partial charge in [-0.05, 0) is 62.4 Å². The van der Waals surface area contributed by atoms with Crippen LogP contribution in [0.25, 0.3) is 0 Å². The molecule has 0 aliphatic heterocycles. The number of hydrogen-bond acceptors (Lipinski definition) is 3. The molecule has 17 heavy (non-hydrogen) atoms. The lowest BCUT2D eigenvalue weighted by Crippen LogP contribution is -1.99. The zero-order chi connectivity index (χ0) is 12.7. The van der Waals surface area contributed by atoms with Gasteiger partial charge in [0.25, 0.3) is 0 Å². The molecule has 0 bridgehead atoms. The Hall–Kier alpha value is -0.570. The molecule has 1 aromatic carbocycles. The molecule has 3 nitrogen and oxygen atoms in total. The molecule has 92 valence electrons. The van der Waals surface area contributed by atoms with Gasteiger partial charge in [-0.1, -0.05) is 0 Å². The summed E-state index contributed by atoms with van der Waals surface area (Å²) in [5.41, 5.74) is 0.820. The molecule has 5 heteroatoms. The molecule has 0 aromatic heterocycles. The number of rotatable bonds is 6. The normalized spacial score (nSPS) is 10.0. The maximum Gasteiger partial charge on any atom is 0.147 e. The third-order valence-corrected chi connectivity index (χ3v) is 3.35. The minimum atomic E-state index is -0.000348. The van der Waals surface area contributed by atoms with Gasteiger partial charge in [0, 0.05) is 6.42 Å². The van der Waals surface area contributed by atoms with Crippen LogP contribution in [-0.4, -0.2) is 11.7 Å². The zero-order valence-corrected chi connectivity index (χ0v) is 12.4. The van der Waals surface area contributed by atoms with Gasteiger partial charge in [-0.15, -0.1) is 0 Å². The van der Waals surface area contributed by atoms with Crippen molar-refractivity contribution in [2.75, 3.05) is 6.61 Å². The second-order valence-electron chi connectivity index (χ2n) is 3.51. The molecule has 0 radical (unpaired) electrons. The third kappa shape index (κ3) is 4.66. The summed E-state index contributed by atoms with van der Waals surface area (Å²) in [7, 11) is 0. The molecule has 0 aliphatic carbocycles. The molecule has 0 spiro atoms. The number of halogens is 2. The van der Waals surface area contributed by atoms with E-state index in [4.69, 9.17) is 15.1 Å². The van der Waals surface area contributed by atoms with Gasteiger partial charge in [0.2, 0.25) is 0 Å². The number of nitrogens with zero attached hydrogens (tertiary/aromatic N) is 1. The van der Waals surface area contributed by atoms with Gasteiger partial charge < -0.3 is 9.84 Å². The van der Waals surface area contributed by atoms with Gasteiger partial charge in [-0.3, -0.25) is 0 Å². The molecule has 0 fully saturated rings. The molecule has 0 saturated heterocycles. The molecular weight excluding hydrogens is 350 g/mol. The van der Waals surface area contributed by atoms with E-state index in [1.165, 1.54) is 0 Å². The summed E-state index contributed by atoms with van der Waals surface area (Å²) in [5.74, 6) is 0.735. The highest BCUT2D eigenvalue weighted by Gasteiger charge is 2.08. The standard InChI is InChI=1S/C12H13Br2NO2/c13-10-6-9(8-16)7-11(14)12(10)17-5-3-1-2-4-15/h6-7,16H,1-3,5,8H2. The van der Waals surface area contributed by atoms with Crippen molar-refractivity contribution >= 4 is 31.9 Å². The maximum absolute atomic E-state index is 9.04. The second-order valence-corrected chi connectivity index (χ2v) is 5.22. The SMILES string of the molecule is N#CCCCCOc1c(Br)cc(CO)cc1Br. The summed E-state index contributed by atoms with van der Waals surface area (Å²) < 4.78 is 7.26. The monoisotopic (exact) mass is 361 g/mol. The van der Waals surface area contributed by atoms with E-state index in [1.807, 2.05) is 12.1 Å². The molecule has 0 saturated carbocycles. The first-order valence-electron chi connectivity index (χ1n) is 5.27. The van der Waals surface area contributed by atoms with Gasteiger partial charge in [0.1, 0.15) is 5.75 Å². The van der Waals surface area contributed by atoms with Crippen LogP contribution in [0.5, 0.6) is 5.75 Å². The molecule has 0 aliphatic rings. The van der Waals surface area contributed by atoms with Crippen LogP contribution in [0.3, 0.4) is 0 Å². The first kappa shape index (κ1) is 14.5. The minimum absolute atomic E-state index is 0.000348. The van der Waals surface area contributed by atoms with Crippen molar-refractivity contribution in [3.8, 4) is 11.8 Å². The van der Waals surface area contributed by atoms with Crippen molar-refractivity contribution in [3.63, 3.8) is 0 Å². The lowest BCUT2D eigenvalue weighted by atomic mass is 10.2. The molecule has 0 amide bonds. The first-order valence-corrected chi connectivity index (χ1v) is 6.86. The van der Waals surface area contributed by atoms with Crippen LogP contribution in [0.15, 0.2) is 21.1 Å². The van der Waals surface area contributed by atoms with Crippen molar-refractivity contribution in [1.82, 2.24) is 0 Å². The Morgan fingerprint density at radius 2 is 1.88 bits per heavy atom. The van der Waals surface area contributed by atoms with Crippen LogP contribution in [0, 0.1) is 11.3 Å². The van der Waals surface area contributed by atoms with Crippen molar-refractivity contribution in [2.45, 2.75) is 25.9 Å². The van der Waals surface area contributed by atoms with E-state index in [9.17, 15) is 0 Å². The average Bonchev–Trinajstić information content (AvgIpc) is 2.31. The predicted octanol–water partition coefficient (Wildman–Crippen LogP) is 3.78. The van der Waals surface area contributed by atoms with Gasteiger partial charge >= 0.3 is 0 Å². The average molecular weight is 363 g/mol. The third-order valence-electron chi connectivity index (χ3n) is 2.17. The number of nitriles is 1. The van der Waals surface area contributed by atoms with E-state index in [2.05, 4.69) is 37.9 Å². The molecule has 0 unspecified atom stereocenters. The number of ether oxygens (including phenoxy) is 1. The highest BCUT2D eigenvalue weighted by Crippen LogP contribution is 2.34. The Labute approximate surface area is 118 Å². The Balaban J connectivity index is 2.56. The highest BCUT2D eigenvalue weighted by molar-refractivity contribution is 9.11. The van der Waals surface area contributed by atoms with Crippen LogP contribution in [0.4, 0.5) is 0 Å². The molecular formula is C12H13Br2NO2. The van der Waals surface area contributed by atoms with Crippen LogP contribution < -0.4 is 4.74 Å². The topological polar surface area (TPSA) is 53.2 Å². The largest absolute Gasteiger partial charge is 0.491 e. The van der Waals surface area contributed by atoms with E-state index in [0.29, 0.717) is 13.0 Å². The number of aliphatic hydroxyl groups is 1. The van der Waals surface area contributed by atoms with Gasteiger partial charge in [-0.25, -0.2) is 0 Å². The lowest BCUT2D eigenvalue weighted by Gasteiger charge is -2.11. The summed E-state index contributed by atoms with van der Waals surface area (Å²) in [5, 5.41) is 17.4. The molecule has 1 N–H and O–H groups in total. The summed E-state index contributed by atoms with van der Waals surface area (Å²) in [6.45, 7) is 0.580. The fourth-order valence-electron chi connectivity index (χ4n) is 1.32. The molecule has 0 heterocycles. The molecule has 0 atom stereocenters. The Morgan fingerprint density at radius 1 is 1.24 bits per heavy atom. The second kappa shape index (κ2) is 7.70. The minimum Gasteiger partial charge on any atom is -0.491 e. The number of benzene rings is 1. The van der Waals surface area contributed by atoms with Crippen molar-refractivity contribution in [2.24, 2.45) is 0 Å². The first-order chi connectivity index (χ1) is 8.19. The molecule has 1 rings (SSSR count). The van der Waals surface area contributed by atoms with E-state index < -0.39 is 0 Å². The van der Waals surface area contributed by atoms with Crippen molar-refractivity contribution in [3.05, 3.63) is 26.6 Å². The maximum atomic E-state index is 9.04. The van der Waals surface area contributed by atoms with E-state index in [-0.39, 0.29) is 6.61 Å². The van der Waals surface area contributed by atoms with E-state index in [0.717, 1.165) is 33.1 Å². The quantitative estimate of drug-likeness (QED) is 0.783. The van der Waals surface area contributed by atoms with Crippen LogP contribution >= 0.6 is 31.9 Å². The van der Waals surface area contributed by atoms with Crippen molar-refractivity contribution in [1.29, 1.82) is 5.26 Å². The van der Waals surface area contributed by atoms with Gasteiger partial charge in [0.05, 0.1) is 28.2 Å². The fraction of sp³-hybridized carbons (Fsp3) is 0.417. The number of unbranched alkanes of at least 4 members (excludes halogenated alkanes) is 2. The van der Waals surface area contributed by atoms with Crippen LogP contribution in [0.1, 0.15) is 24.8 Å². The highest BCUT2D eigenvalue weighted by atomic mass is 79.9. The smallest absolute Gasteiger partial charge is 0.147 e. The van der Waals surface area contributed by atoms with Gasteiger partial charge in [0.15, 0.2) is 0 Å². The summed E-state index contributed by atoms with van der Waals surface area (Å²) in [6, 6.07) is 5.76. The van der Waals surface area contributed by atoms with Gasteiger partial charge in [-0.2, -0.15) is 5.26 Å². The Kier molecular flexibility index (Phi) is 6.56. The fourth-order valence-corrected chi connectivity index (χ4v) is 2.83. The predicted molar refractivity (Wildman–Crippen MR) is 72.7 cm³/mol. The van der Waals surface area contributed by atoms with Crippen LogP contribution in [-0.2, 0) is 6.61 Å². The lowest BCUT2D eigenvalue weighted by molar-refractivity contribution is 0.280. The Bertz CT molecular complexity index is 392. The summed E-state index contributed by atoms with van der Waals surface area (Å²) >= 11 is 6.81. The number of hydrogen-bond donors (Lipinski definition) is 1. The van der Waals surface area contributed by atoms with Crippen molar-refractivity contribution < 1.29 is 9.84 Å².